The Morgan fingerprint density at radius 2 is 1.93 bits per heavy atom. The van der Waals surface area contributed by atoms with E-state index < -0.39 is 6.04 Å². The molecule has 2 fully saturated rings. The van der Waals surface area contributed by atoms with Crippen molar-refractivity contribution >= 4 is 23.2 Å². The number of ether oxygens (including phenoxy) is 1. The van der Waals surface area contributed by atoms with Gasteiger partial charge in [0.05, 0.1) is 17.9 Å². The molecule has 0 aromatic heterocycles. The standard InChI is InChI=1S/C21H30FN3O3/c1-4-20(26)25-10-6-5-7-19(25)21(27)23-16-8-9-18(17(22)11-16)24-12-14(2)28-15(3)13-24/h8-9,11,14-15,19H,4-7,10,12-13H2,1-3H3,(H,23,27). The molecule has 2 saturated heterocycles. The molecule has 28 heavy (non-hydrogen) atoms. The number of carbonyl (C=O) groups is 2. The van der Waals surface area contributed by atoms with Crippen LogP contribution in [0.25, 0.3) is 0 Å². The molecule has 3 atom stereocenters. The summed E-state index contributed by atoms with van der Waals surface area (Å²) in [5, 5.41) is 2.79. The van der Waals surface area contributed by atoms with Crippen molar-refractivity contribution in [2.45, 2.75) is 64.7 Å². The van der Waals surface area contributed by atoms with E-state index >= 15 is 0 Å². The molecule has 6 nitrogen and oxygen atoms in total. The third kappa shape index (κ3) is 4.63. The van der Waals surface area contributed by atoms with Gasteiger partial charge in [-0.2, -0.15) is 0 Å². The van der Waals surface area contributed by atoms with Crippen molar-refractivity contribution in [3.63, 3.8) is 0 Å². The first kappa shape index (κ1) is 20.6. The Balaban J connectivity index is 1.70. The van der Waals surface area contributed by atoms with Crippen molar-refractivity contribution in [2.75, 3.05) is 29.9 Å². The number of carbonyl (C=O) groups excluding carboxylic acids is 2. The first-order valence-electron chi connectivity index (χ1n) is 10.2. The van der Waals surface area contributed by atoms with Gasteiger partial charge in [-0.05, 0) is 51.3 Å². The van der Waals surface area contributed by atoms with Crippen molar-refractivity contribution in [1.29, 1.82) is 0 Å². The Morgan fingerprint density at radius 1 is 1.21 bits per heavy atom. The van der Waals surface area contributed by atoms with E-state index in [2.05, 4.69) is 5.32 Å². The van der Waals surface area contributed by atoms with Crippen LogP contribution in [0.15, 0.2) is 18.2 Å². The van der Waals surface area contributed by atoms with Gasteiger partial charge in [0.1, 0.15) is 11.9 Å². The normalized spacial score (nSPS) is 25.5. The van der Waals surface area contributed by atoms with Crippen molar-refractivity contribution in [3.05, 3.63) is 24.0 Å². The molecule has 2 aliphatic heterocycles. The fraction of sp³-hybridized carbons (Fsp3) is 0.619. The number of nitrogens with one attached hydrogen (secondary N) is 1. The number of hydrogen-bond donors (Lipinski definition) is 1. The maximum atomic E-state index is 14.7. The quantitative estimate of drug-likeness (QED) is 0.856. The number of halogens is 1. The second kappa shape index (κ2) is 8.90. The molecule has 2 aliphatic rings. The minimum absolute atomic E-state index is 0.0167. The van der Waals surface area contributed by atoms with Gasteiger partial charge in [0.15, 0.2) is 0 Å². The van der Waals surface area contributed by atoms with Gasteiger partial charge >= 0.3 is 0 Å². The second-order valence-electron chi connectivity index (χ2n) is 7.77. The lowest BCUT2D eigenvalue weighted by Gasteiger charge is -2.37. The van der Waals surface area contributed by atoms with Gasteiger partial charge in [-0.3, -0.25) is 9.59 Å². The number of rotatable bonds is 4. The summed E-state index contributed by atoms with van der Waals surface area (Å²) in [6.07, 6.45) is 2.92. The lowest BCUT2D eigenvalue weighted by molar-refractivity contribution is -0.140. The zero-order valence-electron chi connectivity index (χ0n) is 16.9. The highest BCUT2D eigenvalue weighted by atomic mass is 19.1. The molecular weight excluding hydrogens is 361 g/mol. The first-order valence-corrected chi connectivity index (χ1v) is 10.2. The van der Waals surface area contributed by atoms with Crippen LogP contribution in [0, 0.1) is 5.82 Å². The minimum Gasteiger partial charge on any atom is -0.372 e. The average Bonchev–Trinajstić information content (AvgIpc) is 2.66. The Morgan fingerprint density at radius 3 is 2.57 bits per heavy atom. The summed E-state index contributed by atoms with van der Waals surface area (Å²) in [6.45, 7) is 7.61. The van der Waals surface area contributed by atoms with Crippen LogP contribution in [-0.2, 0) is 14.3 Å². The number of amides is 2. The van der Waals surface area contributed by atoms with E-state index in [4.69, 9.17) is 4.74 Å². The van der Waals surface area contributed by atoms with Gasteiger partial charge in [0.2, 0.25) is 11.8 Å². The lowest BCUT2D eigenvalue weighted by atomic mass is 10.0. The van der Waals surface area contributed by atoms with Crippen LogP contribution < -0.4 is 10.2 Å². The maximum Gasteiger partial charge on any atom is 0.247 e. The average molecular weight is 391 g/mol. The number of likely N-dealkylation sites (tertiary alicyclic amines) is 1. The van der Waals surface area contributed by atoms with Crippen molar-refractivity contribution in [3.8, 4) is 0 Å². The number of piperidine rings is 1. The second-order valence-corrected chi connectivity index (χ2v) is 7.77. The van der Waals surface area contributed by atoms with Crippen LogP contribution in [0.1, 0.15) is 46.5 Å². The van der Waals surface area contributed by atoms with Crippen LogP contribution >= 0.6 is 0 Å². The topological polar surface area (TPSA) is 61.9 Å². The Hall–Kier alpha value is -2.15. The summed E-state index contributed by atoms with van der Waals surface area (Å²) < 4.78 is 20.4. The molecule has 1 aromatic carbocycles. The van der Waals surface area contributed by atoms with Gasteiger partial charge in [0, 0.05) is 31.7 Å². The Kier molecular flexibility index (Phi) is 6.54. The third-order valence-corrected chi connectivity index (χ3v) is 5.40. The van der Waals surface area contributed by atoms with Gasteiger partial charge in [0.25, 0.3) is 0 Å². The van der Waals surface area contributed by atoms with Gasteiger partial charge in [-0.15, -0.1) is 0 Å². The molecule has 0 saturated carbocycles. The first-order chi connectivity index (χ1) is 13.4. The molecule has 154 valence electrons. The minimum atomic E-state index is -0.482. The van der Waals surface area contributed by atoms with Crippen molar-refractivity contribution < 1.29 is 18.7 Å². The zero-order chi connectivity index (χ0) is 20.3. The number of anilines is 2. The summed E-state index contributed by atoms with van der Waals surface area (Å²) in [7, 11) is 0. The van der Waals surface area contributed by atoms with Gasteiger partial charge < -0.3 is 19.9 Å². The van der Waals surface area contributed by atoms with Crippen molar-refractivity contribution in [2.24, 2.45) is 0 Å². The Labute approximate surface area is 166 Å². The van der Waals surface area contributed by atoms with Crippen molar-refractivity contribution in [1.82, 2.24) is 4.90 Å². The number of nitrogens with zero attached hydrogens (tertiary/aromatic N) is 2. The van der Waals surface area contributed by atoms with Gasteiger partial charge in [-0.1, -0.05) is 6.92 Å². The SMILES string of the molecule is CCC(=O)N1CCCCC1C(=O)Nc1ccc(N2CC(C)OC(C)C2)c(F)c1. The smallest absolute Gasteiger partial charge is 0.247 e. The summed E-state index contributed by atoms with van der Waals surface area (Å²) in [5.74, 6) is -0.636. The third-order valence-electron chi connectivity index (χ3n) is 5.40. The van der Waals surface area contributed by atoms with Crippen LogP contribution in [0.5, 0.6) is 0 Å². The van der Waals surface area contributed by atoms with E-state index in [0.29, 0.717) is 43.9 Å². The van der Waals surface area contributed by atoms with Crippen LogP contribution in [0.2, 0.25) is 0 Å². The number of hydrogen-bond acceptors (Lipinski definition) is 4. The molecule has 1 N–H and O–H groups in total. The van der Waals surface area contributed by atoms with E-state index in [1.165, 1.54) is 6.07 Å². The van der Waals surface area contributed by atoms with Crippen LogP contribution in [0.4, 0.5) is 15.8 Å². The molecule has 2 amide bonds. The van der Waals surface area contributed by atoms with E-state index in [1.807, 2.05) is 18.7 Å². The molecule has 3 rings (SSSR count). The number of morpholine rings is 1. The van der Waals surface area contributed by atoms with Gasteiger partial charge in [-0.25, -0.2) is 4.39 Å². The highest BCUT2D eigenvalue weighted by Gasteiger charge is 2.31. The summed E-state index contributed by atoms with van der Waals surface area (Å²) in [5.41, 5.74) is 0.926. The number of benzene rings is 1. The molecule has 0 radical (unpaired) electrons. The largest absolute Gasteiger partial charge is 0.372 e. The molecule has 1 aromatic rings. The summed E-state index contributed by atoms with van der Waals surface area (Å²) in [6, 6.07) is 4.29. The molecule has 0 spiro atoms. The van der Waals surface area contributed by atoms with E-state index in [1.54, 1.807) is 24.0 Å². The highest BCUT2D eigenvalue weighted by Crippen LogP contribution is 2.27. The maximum absolute atomic E-state index is 14.7. The molecule has 3 unspecified atom stereocenters. The molecule has 0 aliphatic carbocycles. The van der Waals surface area contributed by atoms with Crippen LogP contribution in [0.3, 0.4) is 0 Å². The Bertz CT molecular complexity index is 717. The predicted octanol–water partition coefficient (Wildman–Crippen LogP) is 3.17. The zero-order valence-corrected chi connectivity index (χ0v) is 16.9. The molecular formula is C21H30FN3O3. The lowest BCUT2D eigenvalue weighted by Crippen LogP contribution is -2.49. The predicted molar refractivity (Wildman–Crippen MR) is 107 cm³/mol. The van der Waals surface area contributed by atoms with Crippen LogP contribution in [-0.4, -0.2) is 54.6 Å². The van der Waals surface area contributed by atoms with E-state index in [0.717, 1.165) is 12.8 Å². The summed E-state index contributed by atoms with van der Waals surface area (Å²) in [4.78, 5) is 28.5. The highest BCUT2D eigenvalue weighted by molar-refractivity contribution is 5.97. The monoisotopic (exact) mass is 391 g/mol. The molecule has 2 heterocycles. The molecule has 0 bridgehead atoms. The van der Waals surface area contributed by atoms with E-state index in [-0.39, 0.29) is 29.8 Å². The fourth-order valence-electron chi connectivity index (χ4n) is 4.15. The fourth-order valence-corrected chi connectivity index (χ4v) is 4.15. The van der Waals surface area contributed by atoms with E-state index in [9.17, 15) is 14.0 Å². The molecule has 7 heteroatoms. The summed E-state index contributed by atoms with van der Waals surface area (Å²) >= 11 is 0.